The van der Waals surface area contributed by atoms with E-state index in [1.807, 2.05) is 6.92 Å². The highest BCUT2D eigenvalue weighted by atomic mass is 32.1. The molecule has 3 heteroatoms. The first kappa shape index (κ1) is 6.80. The van der Waals surface area contributed by atoms with Crippen molar-refractivity contribution in [3.8, 4) is 17.9 Å². The zero-order valence-electron chi connectivity index (χ0n) is 5.38. The Balaban J connectivity index is 2.89. The molecule has 0 aliphatic carbocycles. The number of aryl methyl sites for hydroxylation is 1. The third kappa shape index (κ3) is 1.58. The van der Waals surface area contributed by atoms with E-state index in [0.717, 1.165) is 9.88 Å². The van der Waals surface area contributed by atoms with Crippen LogP contribution in [0.1, 0.15) is 9.88 Å². The lowest BCUT2D eigenvalue weighted by atomic mass is 10.5. The first-order valence-electron chi connectivity index (χ1n) is 2.65. The molecule has 0 N–H and O–H groups in total. The molecule has 48 valence electrons. The van der Waals surface area contributed by atoms with Gasteiger partial charge in [0.15, 0.2) is 6.07 Å². The van der Waals surface area contributed by atoms with E-state index in [-0.39, 0.29) is 0 Å². The van der Waals surface area contributed by atoms with Crippen LogP contribution in [-0.2, 0) is 0 Å². The van der Waals surface area contributed by atoms with Crippen LogP contribution in [0.5, 0.6) is 0 Å². The van der Waals surface area contributed by atoms with Crippen LogP contribution in [0.25, 0.3) is 0 Å². The average molecular weight is 148 g/mol. The van der Waals surface area contributed by atoms with Crippen molar-refractivity contribution in [1.82, 2.24) is 4.98 Å². The molecular formula is C7H4N2S. The standard InChI is InChI=1S/C7H4N2S/c1-6-9-5-7(10-6)3-2-4-8/h5H,1H3. The molecule has 0 spiro atoms. The fourth-order valence-corrected chi connectivity index (χ4v) is 1.14. The summed E-state index contributed by atoms with van der Waals surface area (Å²) < 4.78 is 0. The van der Waals surface area contributed by atoms with Crippen molar-refractivity contribution in [3.63, 3.8) is 0 Å². The second kappa shape index (κ2) is 3.00. The van der Waals surface area contributed by atoms with Gasteiger partial charge in [0.1, 0.15) is 0 Å². The van der Waals surface area contributed by atoms with Crippen LogP contribution in [0.15, 0.2) is 6.20 Å². The summed E-state index contributed by atoms with van der Waals surface area (Å²) in [4.78, 5) is 4.82. The van der Waals surface area contributed by atoms with Gasteiger partial charge in [-0.25, -0.2) is 4.98 Å². The van der Waals surface area contributed by atoms with Gasteiger partial charge < -0.3 is 0 Å². The molecule has 0 unspecified atom stereocenters. The van der Waals surface area contributed by atoms with Crippen molar-refractivity contribution in [2.45, 2.75) is 6.92 Å². The van der Waals surface area contributed by atoms with Gasteiger partial charge in [-0.1, -0.05) is 0 Å². The Bertz CT molecular complexity index is 321. The zero-order chi connectivity index (χ0) is 7.40. The smallest absolute Gasteiger partial charge is 0.152 e. The Morgan fingerprint density at radius 2 is 2.50 bits per heavy atom. The van der Waals surface area contributed by atoms with Crippen LogP contribution in [0, 0.1) is 30.1 Å². The normalized spacial score (nSPS) is 7.60. The van der Waals surface area contributed by atoms with Gasteiger partial charge in [0.2, 0.25) is 0 Å². The number of thiazole rings is 1. The second-order valence-corrected chi connectivity index (χ2v) is 2.84. The Hall–Kier alpha value is -1.32. The van der Waals surface area contributed by atoms with Crippen molar-refractivity contribution >= 4 is 11.3 Å². The molecule has 0 radical (unpaired) electrons. The minimum absolute atomic E-state index is 0.846. The second-order valence-electron chi connectivity index (χ2n) is 1.61. The van der Waals surface area contributed by atoms with Crippen molar-refractivity contribution < 1.29 is 0 Å². The predicted octanol–water partition coefficient (Wildman–Crippen LogP) is 1.33. The first-order valence-corrected chi connectivity index (χ1v) is 3.47. The molecule has 0 saturated carbocycles. The lowest BCUT2D eigenvalue weighted by molar-refractivity contribution is 1.30. The Morgan fingerprint density at radius 1 is 1.70 bits per heavy atom. The van der Waals surface area contributed by atoms with Crippen molar-refractivity contribution in [2.75, 3.05) is 0 Å². The van der Waals surface area contributed by atoms with Gasteiger partial charge in [0.25, 0.3) is 0 Å². The van der Waals surface area contributed by atoms with Gasteiger partial charge in [-0.3, -0.25) is 0 Å². The van der Waals surface area contributed by atoms with E-state index in [9.17, 15) is 0 Å². The van der Waals surface area contributed by atoms with Crippen molar-refractivity contribution in [3.05, 3.63) is 16.1 Å². The quantitative estimate of drug-likeness (QED) is 0.520. The summed E-state index contributed by atoms with van der Waals surface area (Å²) in [7, 11) is 0. The summed E-state index contributed by atoms with van der Waals surface area (Å²) in [6.45, 7) is 1.90. The van der Waals surface area contributed by atoms with E-state index in [4.69, 9.17) is 5.26 Å². The maximum atomic E-state index is 8.09. The van der Waals surface area contributed by atoms with Gasteiger partial charge in [-0.15, -0.1) is 11.3 Å². The number of hydrogen-bond acceptors (Lipinski definition) is 3. The lowest BCUT2D eigenvalue weighted by Crippen LogP contribution is -1.59. The SMILES string of the molecule is Cc1ncc(C#CC#N)s1. The summed E-state index contributed by atoms with van der Waals surface area (Å²) >= 11 is 1.49. The molecule has 1 aromatic heterocycles. The minimum Gasteiger partial charge on any atom is -0.249 e. The monoisotopic (exact) mass is 148 g/mol. The highest BCUT2D eigenvalue weighted by molar-refractivity contribution is 7.12. The van der Waals surface area contributed by atoms with Crippen LogP contribution in [0.4, 0.5) is 0 Å². The summed E-state index contributed by atoms with van der Waals surface area (Å²) in [5, 5.41) is 9.07. The van der Waals surface area contributed by atoms with Crippen LogP contribution >= 0.6 is 11.3 Å². The molecule has 0 atom stereocenters. The number of nitrogens with zero attached hydrogens (tertiary/aromatic N) is 2. The highest BCUT2D eigenvalue weighted by Gasteiger charge is 1.90. The molecule has 0 bridgehead atoms. The topological polar surface area (TPSA) is 36.7 Å². The summed E-state index contributed by atoms with van der Waals surface area (Å²) in [5.74, 6) is 4.96. The maximum absolute atomic E-state index is 8.09. The average Bonchev–Trinajstić information content (AvgIpc) is 2.31. The van der Waals surface area contributed by atoms with E-state index in [1.54, 1.807) is 12.3 Å². The zero-order valence-corrected chi connectivity index (χ0v) is 6.20. The number of rotatable bonds is 0. The predicted molar refractivity (Wildman–Crippen MR) is 39.3 cm³/mol. The third-order valence-electron chi connectivity index (χ3n) is 0.863. The van der Waals surface area contributed by atoms with Gasteiger partial charge in [-0.05, 0) is 12.8 Å². The first-order chi connectivity index (χ1) is 4.83. The van der Waals surface area contributed by atoms with Crippen molar-refractivity contribution in [1.29, 1.82) is 5.26 Å². The van der Waals surface area contributed by atoms with E-state index in [1.165, 1.54) is 11.3 Å². The minimum atomic E-state index is 0.846. The molecule has 0 aliphatic rings. The summed E-state index contributed by atoms with van der Waals surface area (Å²) in [6, 6.07) is 1.74. The summed E-state index contributed by atoms with van der Waals surface area (Å²) in [5.41, 5.74) is 0. The van der Waals surface area contributed by atoms with Crippen LogP contribution in [0.3, 0.4) is 0 Å². The van der Waals surface area contributed by atoms with Gasteiger partial charge in [0, 0.05) is 5.92 Å². The molecular weight excluding hydrogens is 144 g/mol. The van der Waals surface area contributed by atoms with Crippen molar-refractivity contribution in [2.24, 2.45) is 0 Å². The fraction of sp³-hybridized carbons (Fsp3) is 0.143. The Morgan fingerprint density at radius 3 is 3.00 bits per heavy atom. The highest BCUT2D eigenvalue weighted by Crippen LogP contribution is 2.08. The van der Waals surface area contributed by atoms with Gasteiger partial charge in [-0.2, -0.15) is 5.26 Å². The lowest BCUT2D eigenvalue weighted by Gasteiger charge is -1.69. The van der Waals surface area contributed by atoms with E-state index in [2.05, 4.69) is 16.8 Å². The largest absolute Gasteiger partial charge is 0.249 e. The summed E-state index contributed by atoms with van der Waals surface area (Å²) in [6.07, 6.45) is 1.67. The number of nitriles is 1. The van der Waals surface area contributed by atoms with E-state index in [0.29, 0.717) is 0 Å². The van der Waals surface area contributed by atoms with Crippen LogP contribution < -0.4 is 0 Å². The molecule has 1 aromatic rings. The molecule has 1 heterocycles. The van der Waals surface area contributed by atoms with E-state index >= 15 is 0 Å². The van der Waals surface area contributed by atoms with Crippen LogP contribution in [-0.4, -0.2) is 4.98 Å². The van der Waals surface area contributed by atoms with E-state index < -0.39 is 0 Å². The molecule has 0 saturated heterocycles. The molecule has 0 fully saturated rings. The molecule has 0 amide bonds. The Labute approximate surface area is 63.1 Å². The Kier molecular flexibility index (Phi) is 2.04. The van der Waals surface area contributed by atoms with Gasteiger partial charge in [0.05, 0.1) is 16.1 Å². The maximum Gasteiger partial charge on any atom is 0.152 e. The number of hydrogen-bond donors (Lipinski definition) is 0. The van der Waals surface area contributed by atoms with Crippen LogP contribution in [0.2, 0.25) is 0 Å². The molecule has 2 nitrogen and oxygen atoms in total. The molecule has 0 aliphatic heterocycles. The third-order valence-corrected chi connectivity index (χ3v) is 1.69. The fourth-order valence-electron chi connectivity index (χ4n) is 0.509. The molecule has 0 aromatic carbocycles. The molecule has 1 rings (SSSR count). The van der Waals surface area contributed by atoms with Gasteiger partial charge >= 0.3 is 0 Å². The molecule has 10 heavy (non-hydrogen) atoms. The number of aromatic nitrogens is 1.